The van der Waals surface area contributed by atoms with Crippen LogP contribution < -0.4 is 5.32 Å². The van der Waals surface area contributed by atoms with E-state index in [0.717, 1.165) is 13.0 Å². The molecule has 2 aromatic rings. The summed E-state index contributed by atoms with van der Waals surface area (Å²) in [4.78, 5) is 27.1. The number of nitrogens with zero attached hydrogens (tertiary/aromatic N) is 2. The molecule has 0 aliphatic carbocycles. The molecule has 21 heavy (non-hydrogen) atoms. The molecule has 0 saturated carbocycles. The Morgan fingerprint density at radius 2 is 2.29 bits per heavy atom. The van der Waals surface area contributed by atoms with E-state index in [1.54, 1.807) is 13.0 Å². The van der Waals surface area contributed by atoms with Crippen molar-refractivity contribution in [3.05, 3.63) is 40.1 Å². The lowest BCUT2D eigenvalue weighted by Crippen LogP contribution is -2.28. The summed E-state index contributed by atoms with van der Waals surface area (Å²) in [5.41, 5.74) is 0.601. The number of carboxylic acids is 1. The number of nitrogens with one attached hydrogen (secondary N) is 1. The molecule has 112 valence electrons. The molecule has 0 saturated heterocycles. The van der Waals surface area contributed by atoms with E-state index >= 15 is 0 Å². The van der Waals surface area contributed by atoms with E-state index in [9.17, 15) is 9.59 Å². The highest BCUT2D eigenvalue weighted by molar-refractivity contribution is 7.09. The molecule has 1 amide bonds. The van der Waals surface area contributed by atoms with Crippen LogP contribution in [-0.2, 0) is 6.54 Å². The highest BCUT2D eigenvalue weighted by Crippen LogP contribution is 2.18. The molecule has 0 aliphatic heterocycles. The first-order chi connectivity index (χ1) is 10.0. The van der Waals surface area contributed by atoms with Gasteiger partial charge in [0.15, 0.2) is 5.69 Å². The number of aromatic carboxylic acids is 1. The zero-order chi connectivity index (χ0) is 15.4. The van der Waals surface area contributed by atoms with Crippen LogP contribution in [0.15, 0.2) is 23.7 Å². The maximum absolute atomic E-state index is 12.3. The Balaban J connectivity index is 2.07. The first kappa shape index (κ1) is 15.2. The zero-order valence-corrected chi connectivity index (χ0v) is 12.7. The summed E-state index contributed by atoms with van der Waals surface area (Å²) in [5.74, 6) is -1.25. The summed E-state index contributed by atoms with van der Waals surface area (Å²) < 4.78 is 1.90. The fraction of sp³-hybridized carbons (Fsp3) is 0.357. The van der Waals surface area contributed by atoms with E-state index in [1.807, 2.05) is 23.8 Å². The molecule has 0 bridgehead atoms. The minimum atomic E-state index is -1.06. The molecule has 0 aromatic carbocycles. The lowest BCUT2D eigenvalue weighted by atomic mass is 10.3. The molecule has 7 heteroatoms. The second kappa shape index (κ2) is 6.53. The third-order valence-electron chi connectivity index (χ3n) is 2.99. The molecule has 0 fully saturated rings. The number of aryl methyl sites for hydroxylation is 1. The number of hydrogen-bond acceptors (Lipinski definition) is 4. The van der Waals surface area contributed by atoms with E-state index in [4.69, 9.17) is 5.11 Å². The lowest BCUT2D eigenvalue weighted by molar-refractivity contribution is 0.0691. The number of aromatic nitrogens is 2. The topological polar surface area (TPSA) is 84.2 Å². The van der Waals surface area contributed by atoms with Crippen molar-refractivity contribution in [3.63, 3.8) is 0 Å². The summed E-state index contributed by atoms with van der Waals surface area (Å²) >= 11 is 1.23. The molecule has 2 aromatic heterocycles. The first-order valence-corrected chi connectivity index (χ1v) is 7.55. The molecule has 2 heterocycles. The molecule has 2 rings (SSSR count). The predicted molar refractivity (Wildman–Crippen MR) is 79.7 cm³/mol. The van der Waals surface area contributed by atoms with Crippen molar-refractivity contribution in [1.82, 2.24) is 14.9 Å². The van der Waals surface area contributed by atoms with Crippen LogP contribution in [0, 0.1) is 0 Å². The number of hydrogen-bond donors (Lipinski definition) is 2. The minimum Gasteiger partial charge on any atom is -0.476 e. The Hall–Kier alpha value is -2.15. The molecule has 0 spiro atoms. The Kier molecular flexibility index (Phi) is 4.74. The van der Waals surface area contributed by atoms with Crippen LogP contribution in [0.4, 0.5) is 0 Å². The van der Waals surface area contributed by atoms with E-state index in [-0.39, 0.29) is 17.6 Å². The van der Waals surface area contributed by atoms with Gasteiger partial charge in [0.1, 0.15) is 10.7 Å². The SMILES string of the molecule is CCCn1cccc1C(=O)NC(C)c1nc(C(=O)O)cs1. The molecule has 2 N–H and O–H groups in total. The first-order valence-electron chi connectivity index (χ1n) is 6.67. The second-order valence-electron chi connectivity index (χ2n) is 4.66. The van der Waals surface area contributed by atoms with Crippen LogP contribution in [-0.4, -0.2) is 26.5 Å². The Bertz CT molecular complexity index is 647. The van der Waals surface area contributed by atoms with Gasteiger partial charge in [-0.15, -0.1) is 11.3 Å². The van der Waals surface area contributed by atoms with Gasteiger partial charge in [-0.05, 0) is 25.5 Å². The van der Waals surface area contributed by atoms with Gasteiger partial charge in [-0.1, -0.05) is 6.92 Å². The van der Waals surface area contributed by atoms with Crippen molar-refractivity contribution in [2.45, 2.75) is 32.9 Å². The summed E-state index contributed by atoms with van der Waals surface area (Å²) in [7, 11) is 0. The third-order valence-corrected chi connectivity index (χ3v) is 4.01. The maximum atomic E-state index is 12.3. The van der Waals surface area contributed by atoms with Crippen LogP contribution in [0.1, 0.15) is 52.3 Å². The fourth-order valence-electron chi connectivity index (χ4n) is 1.97. The van der Waals surface area contributed by atoms with Gasteiger partial charge in [-0.3, -0.25) is 4.79 Å². The van der Waals surface area contributed by atoms with Crippen molar-refractivity contribution < 1.29 is 14.7 Å². The molecule has 6 nitrogen and oxygen atoms in total. The number of carbonyl (C=O) groups excluding carboxylic acids is 1. The highest BCUT2D eigenvalue weighted by atomic mass is 32.1. The number of thiazole rings is 1. The van der Waals surface area contributed by atoms with E-state index in [1.165, 1.54) is 16.7 Å². The van der Waals surface area contributed by atoms with Crippen molar-refractivity contribution in [2.24, 2.45) is 0 Å². The summed E-state index contributed by atoms with van der Waals surface area (Å²) in [6, 6.07) is 3.27. The van der Waals surface area contributed by atoms with Gasteiger partial charge >= 0.3 is 5.97 Å². The summed E-state index contributed by atoms with van der Waals surface area (Å²) in [5, 5.41) is 13.8. The largest absolute Gasteiger partial charge is 0.476 e. The van der Waals surface area contributed by atoms with Gasteiger partial charge in [0, 0.05) is 18.1 Å². The van der Waals surface area contributed by atoms with E-state index in [0.29, 0.717) is 10.7 Å². The fourth-order valence-corrected chi connectivity index (χ4v) is 2.77. The number of rotatable bonds is 6. The minimum absolute atomic E-state index is 0.00505. The number of carbonyl (C=O) groups is 2. The quantitative estimate of drug-likeness (QED) is 0.859. The van der Waals surface area contributed by atoms with Gasteiger partial charge in [0.2, 0.25) is 0 Å². The van der Waals surface area contributed by atoms with Crippen molar-refractivity contribution >= 4 is 23.2 Å². The van der Waals surface area contributed by atoms with Crippen LogP contribution >= 0.6 is 11.3 Å². The average molecular weight is 307 g/mol. The van der Waals surface area contributed by atoms with Crippen molar-refractivity contribution in [2.75, 3.05) is 0 Å². The predicted octanol–water partition coefficient (Wildman–Crippen LogP) is 2.54. The van der Waals surface area contributed by atoms with Crippen LogP contribution in [0.5, 0.6) is 0 Å². The highest BCUT2D eigenvalue weighted by Gasteiger charge is 2.18. The maximum Gasteiger partial charge on any atom is 0.355 e. The smallest absolute Gasteiger partial charge is 0.355 e. The average Bonchev–Trinajstić information content (AvgIpc) is 3.07. The van der Waals surface area contributed by atoms with Crippen molar-refractivity contribution in [3.8, 4) is 0 Å². The third kappa shape index (κ3) is 3.49. The molecule has 0 aliphatic rings. The van der Waals surface area contributed by atoms with Gasteiger partial charge < -0.3 is 15.0 Å². The van der Waals surface area contributed by atoms with Crippen molar-refractivity contribution in [1.29, 1.82) is 0 Å². The van der Waals surface area contributed by atoms with Gasteiger partial charge in [-0.2, -0.15) is 0 Å². The zero-order valence-electron chi connectivity index (χ0n) is 11.9. The lowest BCUT2D eigenvalue weighted by Gasteiger charge is -2.13. The molecule has 1 atom stereocenters. The van der Waals surface area contributed by atoms with E-state index in [2.05, 4.69) is 10.3 Å². The molecular formula is C14H17N3O3S. The van der Waals surface area contributed by atoms with Crippen LogP contribution in [0.25, 0.3) is 0 Å². The van der Waals surface area contributed by atoms with Crippen LogP contribution in [0.2, 0.25) is 0 Å². The molecule has 0 radical (unpaired) electrons. The number of amides is 1. The van der Waals surface area contributed by atoms with Gasteiger partial charge in [-0.25, -0.2) is 9.78 Å². The van der Waals surface area contributed by atoms with E-state index < -0.39 is 5.97 Å². The Morgan fingerprint density at radius 1 is 1.52 bits per heavy atom. The number of carboxylic acid groups (broad SMARTS) is 1. The second-order valence-corrected chi connectivity index (χ2v) is 5.55. The molecular weight excluding hydrogens is 290 g/mol. The van der Waals surface area contributed by atoms with Crippen LogP contribution in [0.3, 0.4) is 0 Å². The standard InChI is InChI=1S/C14H17N3O3S/c1-3-6-17-7-4-5-11(17)12(18)15-9(2)13-16-10(8-21-13)14(19)20/h4-5,7-9H,3,6H2,1-2H3,(H,15,18)(H,19,20). The molecule has 1 unspecified atom stereocenters. The van der Waals surface area contributed by atoms with Gasteiger partial charge in [0.05, 0.1) is 6.04 Å². The monoisotopic (exact) mass is 307 g/mol. The summed E-state index contributed by atoms with van der Waals surface area (Å²) in [6.07, 6.45) is 2.81. The Morgan fingerprint density at radius 3 is 2.90 bits per heavy atom. The summed E-state index contributed by atoms with van der Waals surface area (Å²) in [6.45, 7) is 4.62. The normalized spacial score (nSPS) is 12.1. The van der Waals surface area contributed by atoms with Gasteiger partial charge in [0.25, 0.3) is 5.91 Å². The Labute approximate surface area is 126 Å².